The van der Waals surface area contributed by atoms with Crippen LogP contribution in [0.5, 0.6) is 0 Å². The van der Waals surface area contributed by atoms with Crippen molar-refractivity contribution in [2.75, 3.05) is 26.2 Å². The van der Waals surface area contributed by atoms with Crippen LogP contribution >= 0.6 is 0 Å². The zero-order valence-electron chi connectivity index (χ0n) is 15.3. The number of piperazine rings is 1. The topological polar surface area (TPSA) is 52.2 Å². The molecule has 138 valence electrons. The van der Waals surface area contributed by atoms with Crippen LogP contribution < -0.4 is 16.2 Å². The predicted molar refractivity (Wildman–Crippen MR) is 103 cm³/mol. The van der Waals surface area contributed by atoms with Gasteiger partial charge in [0.05, 0.1) is 5.70 Å². The maximum atomic E-state index is 13.3. The van der Waals surface area contributed by atoms with Crippen LogP contribution in [0.3, 0.4) is 0 Å². The summed E-state index contributed by atoms with van der Waals surface area (Å²) in [5.74, 6) is -0.227. The van der Waals surface area contributed by atoms with Crippen LogP contribution in [-0.4, -0.2) is 42.2 Å². The second kappa shape index (κ2) is 8.89. The minimum absolute atomic E-state index is 0.0783. The third-order valence-electron chi connectivity index (χ3n) is 4.52. The summed E-state index contributed by atoms with van der Waals surface area (Å²) in [7, 11) is 0. The molecular formula is C20H26FN5. The Kier molecular flexibility index (Phi) is 6.33. The van der Waals surface area contributed by atoms with Gasteiger partial charge in [0.1, 0.15) is 12.0 Å². The molecule has 2 aliphatic heterocycles. The molecule has 0 saturated carbocycles. The van der Waals surface area contributed by atoms with E-state index < -0.39 is 0 Å². The molecule has 3 heterocycles. The van der Waals surface area contributed by atoms with Crippen molar-refractivity contribution in [2.45, 2.75) is 20.0 Å². The van der Waals surface area contributed by atoms with Crippen molar-refractivity contribution in [3.8, 4) is 0 Å². The van der Waals surface area contributed by atoms with E-state index in [1.165, 1.54) is 17.7 Å². The summed E-state index contributed by atoms with van der Waals surface area (Å²) in [5, 5.41) is 3.38. The normalized spacial score (nSPS) is 20.3. The highest BCUT2D eigenvalue weighted by Crippen LogP contribution is 2.32. The molecule has 0 amide bonds. The molecule has 3 N–H and O–H groups in total. The fraction of sp³-hybridized carbons (Fsp3) is 0.350. The fourth-order valence-corrected chi connectivity index (χ4v) is 3.31. The van der Waals surface area contributed by atoms with Gasteiger partial charge in [0, 0.05) is 44.1 Å². The van der Waals surface area contributed by atoms with Crippen LogP contribution in [0.15, 0.2) is 48.8 Å². The zero-order valence-corrected chi connectivity index (χ0v) is 15.3. The van der Waals surface area contributed by atoms with Gasteiger partial charge in [-0.1, -0.05) is 13.8 Å². The molecule has 0 bridgehead atoms. The Labute approximate surface area is 154 Å². The van der Waals surface area contributed by atoms with Crippen molar-refractivity contribution < 1.29 is 4.39 Å². The van der Waals surface area contributed by atoms with E-state index in [2.05, 4.69) is 26.1 Å². The summed E-state index contributed by atoms with van der Waals surface area (Å²) in [4.78, 5) is 6.54. The van der Waals surface area contributed by atoms with Gasteiger partial charge < -0.3 is 10.7 Å². The van der Waals surface area contributed by atoms with Crippen LogP contribution in [0.1, 0.15) is 25.0 Å². The van der Waals surface area contributed by atoms with E-state index in [4.69, 9.17) is 0 Å². The lowest BCUT2D eigenvalue weighted by Gasteiger charge is -2.33. The summed E-state index contributed by atoms with van der Waals surface area (Å²) in [5.41, 5.74) is 11.0. The number of hydrogen-bond acceptors (Lipinski definition) is 5. The first kappa shape index (κ1) is 18.5. The van der Waals surface area contributed by atoms with Gasteiger partial charge in [-0.05, 0) is 47.5 Å². The largest absolute Gasteiger partial charge is 0.319 e. The number of pyridine rings is 1. The first-order chi connectivity index (χ1) is 12.8. The van der Waals surface area contributed by atoms with E-state index in [1.54, 1.807) is 24.5 Å². The molecule has 1 aromatic heterocycles. The van der Waals surface area contributed by atoms with Crippen LogP contribution in [-0.2, 0) is 0 Å². The summed E-state index contributed by atoms with van der Waals surface area (Å²) in [6.07, 6.45) is 3.68. The Morgan fingerprint density at radius 1 is 0.962 bits per heavy atom. The van der Waals surface area contributed by atoms with E-state index in [1.807, 2.05) is 26.0 Å². The number of halogens is 1. The zero-order chi connectivity index (χ0) is 18.4. The van der Waals surface area contributed by atoms with E-state index in [0.717, 1.165) is 43.0 Å². The Morgan fingerprint density at radius 2 is 1.62 bits per heavy atom. The maximum absolute atomic E-state index is 13.3. The number of nitrogens with zero attached hydrogens (tertiary/aromatic N) is 2. The standard InChI is InChI=1S/C18H20FN5.C2H6/c19-15-3-1-14(2-4-15)17-16(13-5-7-20-8-6-13)18(23-22-17)24-11-9-21-10-12-24;1-2/h1-8,18,21-23H,9-12H2;1-2H3. The molecule has 2 aliphatic rings. The summed E-state index contributed by atoms with van der Waals surface area (Å²) in [6, 6.07) is 10.6. The highest BCUT2D eigenvalue weighted by Gasteiger charge is 2.32. The van der Waals surface area contributed by atoms with Crippen molar-refractivity contribution in [3.05, 3.63) is 65.7 Å². The molecule has 0 radical (unpaired) electrons. The Morgan fingerprint density at radius 3 is 2.27 bits per heavy atom. The second-order valence-electron chi connectivity index (χ2n) is 5.99. The first-order valence-corrected chi connectivity index (χ1v) is 9.20. The average Bonchev–Trinajstić information content (AvgIpc) is 3.16. The second-order valence-corrected chi connectivity index (χ2v) is 5.99. The van der Waals surface area contributed by atoms with Crippen LogP contribution in [0.4, 0.5) is 4.39 Å². The van der Waals surface area contributed by atoms with E-state index in [9.17, 15) is 4.39 Å². The molecule has 0 spiro atoms. The lowest BCUT2D eigenvalue weighted by atomic mass is 9.98. The van der Waals surface area contributed by atoms with Gasteiger partial charge in [-0.15, -0.1) is 0 Å². The minimum Gasteiger partial charge on any atom is -0.319 e. The number of hydrazine groups is 1. The molecule has 1 aromatic carbocycles. The molecule has 2 aromatic rings. The van der Waals surface area contributed by atoms with Gasteiger partial charge in [0.15, 0.2) is 0 Å². The quantitative estimate of drug-likeness (QED) is 0.790. The van der Waals surface area contributed by atoms with Gasteiger partial charge >= 0.3 is 0 Å². The predicted octanol–water partition coefficient (Wildman–Crippen LogP) is 2.45. The highest BCUT2D eigenvalue weighted by molar-refractivity contribution is 5.93. The van der Waals surface area contributed by atoms with Crippen molar-refractivity contribution in [2.24, 2.45) is 0 Å². The van der Waals surface area contributed by atoms with E-state index in [0.29, 0.717) is 0 Å². The number of benzene rings is 1. The fourth-order valence-electron chi connectivity index (χ4n) is 3.31. The Balaban J connectivity index is 0.000000948. The Hall–Kier alpha value is -2.28. The lowest BCUT2D eigenvalue weighted by molar-refractivity contribution is 0.183. The molecule has 0 aliphatic carbocycles. The van der Waals surface area contributed by atoms with Crippen LogP contribution in [0.2, 0.25) is 0 Å². The third-order valence-corrected chi connectivity index (χ3v) is 4.52. The number of nitrogens with one attached hydrogen (secondary N) is 3. The number of hydrogen-bond donors (Lipinski definition) is 3. The molecule has 6 heteroatoms. The minimum atomic E-state index is -0.227. The van der Waals surface area contributed by atoms with Crippen molar-refractivity contribution in [3.63, 3.8) is 0 Å². The van der Waals surface area contributed by atoms with Gasteiger partial charge in [-0.2, -0.15) is 0 Å². The third kappa shape index (κ3) is 3.93. The van der Waals surface area contributed by atoms with Gasteiger partial charge in [-0.3, -0.25) is 9.88 Å². The molecule has 5 nitrogen and oxygen atoms in total. The van der Waals surface area contributed by atoms with Crippen molar-refractivity contribution in [1.82, 2.24) is 26.1 Å². The molecule has 26 heavy (non-hydrogen) atoms. The summed E-state index contributed by atoms with van der Waals surface area (Å²) < 4.78 is 13.3. The van der Waals surface area contributed by atoms with Crippen LogP contribution in [0, 0.1) is 5.82 Å². The lowest BCUT2D eigenvalue weighted by Crippen LogP contribution is -2.53. The van der Waals surface area contributed by atoms with E-state index >= 15 is 0 Å². The number of aromatic nitrogens is 1. The van der Waals surface area contributed by atoms with Crippen molar-refractivity contribution in [1.29, 1.82) is 0 Å². The molecular weight excluding hydrogens is 329 g/mol. The first-order valence-electron chi connectivity index (χ1n) is 9.20. The smallest absolute Gasteiger partial charge is 0.123 e. The van der Waals surface area contributed by atoms with E-state index in [-0.39, 0.29) is 12.0 Å². The molecule has 1 unspecified atom stereocenters. The Bertz CT molecular complexity index is 724. The monoisotopic (exact) mass is 355 g/mol. The van der Waals surface area contributed by atoms with Gasteiger partial charge in [0.2, 0.25) is 0 Å². The summed E-state index contributed by atoms with van der Waals surface area (Å²) >= 11 is 0. The van der Waals surface area contributed by atoms with Crippen molar-refractivity contribution >= 4 is 11.3 Å². The highest BCUT2D eigenvalue weighted by atomic mass is 19.1. The van der Waals surface area contributed by atoms with Crippen LogP contribution in [0.25, 0.3) is 11.3 Å². The molecule has 1 atom stereocenters. The van der Waals surface area contributed by atoms with Gasteiger partial charge in [-0.25, -0.2) is 9.82 Å². The van der Waals surface area contributed by atoms with Gasteiger partial charge in [0.25, 0.3) is 0 Å². The maximum Gasteiger partial charge on any atom is 0.123 e. The molecule has 1 fully saturated rings. The molecule has 1 saturated heterocycles. The SMILES string of the molecule is CC.Fc1ccc(C2=C(c3ccncc3)C(N3CCNCC3)NN2)cc1. The number of rotatable bonds is 3. The summed E-state index contributed by atoms with van der Waals surface area (Å²) in [6.45, 7) is 7.91. The molecule has 4 rings (SSSR count). The average molecular weight is 355 g/mol.